The largest absolute Gasteiger partial charge is 0.481 e. The first-order chi connectivity index (χ1) is 11.6. The summed E-state index contributed by atoms with van der Waals surface area (Å²) >= 11 is 0. The van der Waals surface area contributed by atoms with Crippen molar-refractivity contribution in [2.24, 2.45) is 0 Å². The van der Waals surface area contributed by atoms with Crippen LogP contribution in [0.4, 0.5) is 4.79 Å². The van der Waals surface area contributed by atoms with Gasteiger partial charge in [-0.05, 0) is 58.2 Å². The predicted octanol–water partition coefficient (Wildman–Crippen LogP) is 4.64. The van der Waals surface area contributed by atoms with Gasteiger partial charge in [0.1, 0.15) is 5.60 Å². The van der Waals surface area contributed by atoms with E-state index in [0.717, 1.165) is 12.8 Å². The lowest BCUT2D eigenvalue weighted by atomic mass is 9.95. The molecular formula is C19H37NO5Si. The molecule has 0 saturated carbocycles. The lowest BCUT2D eigenvalue weighted by molar-refractivity contribution is -0.137. The highest BCUT2D eigenvalue weighted by Crippen LogP contribution is 2.39. The van der Waals surface area contributed by atoms with E-state index in [1.54, 1.807) is 4.90 Å². The normalized spacial score (nSPS) is 22.2. The van der Waals surface area contributed by atoms with Gasteiger partial charge in [-0.25, -0.2) is 4.79 Å². The van der Waals surface area contributed by atoms with Gasteiger partial charge in [-0.1, -0.05) is 20.8 Å². The van der Waals surface area contributed by atoms with Gasteiger partial charge in [-0.2, -0.15) is 0 Å². The summed E-state index contributed by atoms with van der Waals surface area (Å²) in [5.41, 5.74) is -0.582. The molecule has 1 aliphatic rings. The highest BCUT2D eigenvalue weighted by atomic mass is 28.4. The summed E-state index contributed by atoms with van der Waals surface area (Å²) in [6.07, 6.45) is 1.56. The number of likely N-dealkylation sites (tertiary alicyclic amines) is 1. The zero-order valence-corrected chi connectivity index (χ0v) is 18.7. The van der Waals surface area contributed by atoms with Crippen molar-refractivity contribution in [1.29, 1.82) is 0 Å². The minimum absolute atomic E-state index is 0.0152. The van der Waals surface area contributed by atoms with E-state index in [1.807, 2.05) is 20.8 Å². The Labute approximate surface area is 159 Å². The molecule has 1 N–H and O–H groups in total. The number of piperidine rings is 1. The number of carbonyl (C=O) groups is 2. The number of hydrogen-bond acceptors (Lipinski definition) is 4. The Morgan fingerprint density at radius 2 is 1.73 bits per heavy atom. The second kappa shape index (κ2) is 8.29. The third-order valence-electron chi connectivity index (χ3n) is 5.25. The molecule has 1 saturated heterocycles. The molecule has 1 fully saturated rings. The van der Waals surface area contributed by atoms with Crippen molar-refractivity contribution in [1.82, 2.24) is 4.90 Å². The molecule has 0 bridgehead atoms. The maximum absolute atomic E-state index is 12.7. The second-order valence-corrected chi connectivity index (χ2v) is 14.5. The summed E-state index contributed by atoms with van der Waals surface area (Å²) in [6, 6.07) is -0.260. The molecule has 1 aliphatic heterocycles. The predicted molar refractivity (Wildman–Crippen MR) is 105 cm³/mol. The molecule has 7 heteroatoms. The first-order valence-electron chi connectivity index (χ1n) is 9.53. The number of nitrogens with zero attached hydrogens (tertiary/aromatic N) is 1. The van der Waals surface area contributed by atoms with E-state index in [9.17, 15) is 9.59 Å². The highest BCUT2D eigenvalue weighted by molar-refractivity contribution is 6.74. The van der Waals surface area contributed by atoms with Crippen LogP contribution in [-0.4, -0.2) is 54.7 Å². The molecule has 152 valence electrons. The van der Waals surface area contributed by atoms with Crippen LogP contribution in [0.1, 0.15) is 67.2 Å². The molecule has 1 amide bonds. The molecule has 1 heterocycles. The van der Waals surface area contributed by atoms with Crippen LogP contribution < -0.4 is 0 Å². The number of carboxylic acid groups (broad SMARTS) is 1. The number of ether oxygens (including phenoxy) is 1. The third-order valence-corrected chi connectivity index (χ3v) is 9.76. The number of aliphatic carboxylic acids is 1. The number of amides is 1. The van der Waals surface area contributed by atoms with Crippen LogP contribution in [0.25, 0.3) is 0 Å². The van der Waals surface area contributed by atoms with E-state index in [2.05, 4.69) is 33.9 Å². The fourth-order valence-electron chi connectivity index (χ4n) is 2.87. The summed E-state index contributed by atoms with van der Waals surface area (Å²) in [5.74, 6) is -0.856. The molecule has 6 nitrogen and oxygen atoms in total. The fourth-order valence-corrected chi connectivity index (χ4v) is 4.26. The van der Waals surface area contributed by atoms with Crippen molar-refractivity contribution in [2.75, 3.05) is 6.54 Å². The van der Waals surface area contributed by atoms with Crippen LogP contribution in [0, 0.1) is 0 Å². The minimum Gasteiger partial charge on any atom is -0.481 e. The summed E-state index contributed by atoms with van der Waals surface area (Å²) in [4.78, 5) is 25.5. The lowest BCUT2D eigenvalue weighted by Crippen LogP contribution is -2.56. The maximum atomic E-state index is 12.7. The summed E-state index contributed by atoms with van der Waals surface area (Å²) in [7, 11) is -2.03. The minimum atomic E-state index is -2.03. The van der Waals surface area contributed by atoms with E-state index in [0.29, 0.717) is 13.0 Å². The smallest absolute Gasteiger partial charge is 0.410 e. The van der Waals surface area contributed by atoms with Gasteiger partial charge in [0.15, 0.2) is 8.32 Å². The van der Waals surface area contributed by atoms with E-state index in [1.165, 1.54) is 0 Å². The van der Waals surface area contributed by atoms with Gasteiger partial charge in [-0.15, -0.1) is 0 Å². The van der Waals surface area contributed by atoms with E-state index in [-0.39, 0.29) is 29.7 Å². The summed E-state index contributed by atoms with van der Waals surface area (Å²) in [6.45, 7) is 17.0. The van der Waals surface area contributed by atoms with Crippen molar-refractivity contribution < 1.29 is 23.9 Å². The monoisotopic (exact) mass is 387 g/mol. The van der Waals surface area contributed by atoms with Gasteiger partial charge in [0.25, 0.3) is 0 Å². The van der Waals surface area contributed by atoms with E-state index in [4.69, 9.17) is 14.3 Å². The summed E-state index contributed by atoms with van der Waals surface area (Å²) in [5, 5.41) is 9.19. The molecule has 26 heavy (non-hydrogen) atoms. The van der Waals surface area contributed by atoms with Crippen molar-refractivity contribution in [2.45, 2.75) is 103 Å². The molecule has 0 radical (unpaired) electrons. The number of carboxylic acids is 1. The van der Waals surface area contributed by atoms with Crippen LogP contribution in [-0.2, 0) is 14.0 Å². The molecule has 0 aromatic carbocycles. The van der Waals surface area contributed by atoms with Crippen LogP contribution in [0.3, 0.4) is 0 Å². The molecule has 2 atom stereocenters. The van der Waals surface area contributed by atoms with Crippen molar-refractivity contribution in [3.05, 3.63) is 0 Å². The van der Waals surface area contributed by atoms with Crippen LogP contribution in [0.2, 0.25) is 18.1 Å². The van der Waals surface area contributed by atoms with E-state index < -0.39 is 19.9 Å². The van der Waals surface area contributed by atoms with Crippen LogP contribution >= 0.6 is 0 Å². The molecule has 1 unspecified atom stereocenters. The van der Waals surface area contributed by atoms with E-state index >= 15 is 0 Å². The number of hydrogen-bond donors (Lipinski definition) is 1. The van der Waals surface area contributed by atoms with Gasteiger partial charge >= 0.3 is 12.1 Å². The Morgan fingerprint density at radius 3 is 2.19 bits per heavy atom. The molecule has 0 aromatic heterocycles. The SMILES string of the molecule is CC(C)(C)OC(=O)N1CCCC(O[Si](C)(C)C(C)(C)C)[C@H]1CCC(=O)O. The molecule has 1 rings (SSSR count). The lowest BCUT2D eigenvalue weighted by Gasteiger charge is -2.46. The Morgan fingerprint density at radius 1 is 1.15 bits per heavy atom. The first kappa shape index (κ1) is 23.0. The Kier molecular flexibility index (Phi) is 7.32. The van der Waals surface area contributed by atoms with Gasteiger partial charge in [0.2, 0.25) is 0 Å². The fraction of sp³-hybridized carbons (Fsp3) is 0.895. The Bertz CT molecular complexity index is 507. The van der Waals surface area contributed by atoms with Crippen molar-refractivity contribution >= 4 is 20.4 Å². The van der Waals surface area contributed by atoms with Gasteiger partial charge in [-0.3, -0.25) is 4.79 Å². The Balaban J connectivity index is 3.03. The number of rotatable bonds is 5. The zero-order valence-electron chi connectivity index (χ0n) is 17.7. The summed E-state index contributed by atoms with van der Waals surface area (Å²) < 4.78 is 12.2. The molecule has 0 aliphatic carbocycles. The topological polar surface area (TPSA) is 76.1 Å². The second-order valence-electron chi connectivity index (χ2n) is 9.73. The standard InChI is InChI=1S/C19H37NO5Si/c1-18(2,3)24-17(23)20-13-9-10-15(14(20)11-12-16(21)22)25-26(7,8)19(4,5)6/h14-15H,9-13H2,1-8H3,(H,21,22)/t14-,15?/m1/s1. The first-order valence-corrected chi connectivity index (χ1v) is 12.4. The molecule has 0 aromatic rings. The average molecular weight is 388 g/mol. The highest BCUT2D eigenvalue weighted by Gasteiger charge is 2.44. The molecule has 0 spiro atoms. The quantitative estimate of drug-likeness (QED) is 0.695. The van der Waals surface area contributed by atoms with Crippen LogP contribution in [0.5, 0.6) is 0 Å². The maximum Gasteiger partial charge on any atom is 0.410 e. The van der Waals surface area contributed by atoms with Crippen molar-refractivity contribution in [3.8, 4) is 0 Å². The number of carbonyl (C=O) groups excluding carboxylic acids is 1. The van der Waals surface area contributed by atoms with Crippen LogP contribution in [0.15, 0.2) is 0 Å². The van der Waals surface area contributed by atoms with Gasteiger partial charge in [0, 0.05) is 13.0 Å². The van der Waals surface area contributed by atoms with Gasteiger partial charge < -0.3 is 19.2 Å². The zero-order chi connectivity index (χ0) is 20.3. The third kappa shape index (κ3) is 6.58. The Hall–Kier alpha value is -1.08. The van der Waals surface area contributed by atoms with Gasteiger partial charge in [0.05, 0.1) is 12.1 Å². The van der Waals surface area contributed by atoms with Crippen molar-refractivity contribution in [3.63, 3.8) is 0 Å². The molecular weight excluding hydrogens is 350 g/mol. The average Bonchev–Trinajstić information content (AvgIpc) is 2.42.